The fourth-order valence-corrected chi connectivity index (χ4v) is 3.47. The Labute approximate surface area is 127 Å². The molecule has 1 unspecified atom stereocenters. The zero-order valence-electron chi connectivity index (χ0n) is 11.6. The number of hydrogen-bond donors (Lipinski definition) is 2. The van der Waals surface area contributed by atoms with Gasteiger partial charge >= 0.3 is 5.97 Å². The minimum absolute atomic E-state index is 0.313. The molecule has 0 saturated heterocycles. The molecule has 2 N–H and O–H groups in total. The molecule has 0 radical (unpaired) electrons. The van der Waals surface area contributed by atoms with Crippen LogP contribution in [-0.4, -0.2) is 40.3 Å². The molecule has 1 aromatic carbocycles. The van der Waals surface area contributed by atoms with Crippen molar-refractivity contribution in [2.45, 2.75) is 24.8 Å². The zero-order chi connectivity index (χ0) is 15.0. The van der Waals surface area contributed by atoms with Gasteiger partial charge in [0.2, 0.25) is 5.91 Å². The van der Waals surface area contributed by atoms with E-state index >= 15 is 0 Å². The van der Waals surface area contributed by atoms with Crippen molar-refractivity contribution in [2.24, 2.45) is 0 Å². The number of carboxylic acid groups (broad SMARTS) is 1. The van der Waals surface area contributed by atoms with Gasteiger partial charge in [-0.1, -0.05) is 17.7 Å². The molecule has 0 heterocycles. The number of carbonyl (C=O) groups excluding carboxylic acids is 1. The van der Waals surface area contributed by atoms with Crippen LogP contribution in [0.1, 0.15) is 12.5 Å². The Bertz CT molecular complexity index is 448. The van der Waals surface area contributed by atoms with Gasteiger partial charge in [-0.05, 0) is 19.1 Å². The summed E-state index contributed by atoms with van der Waals surface area (Å²) in [6.07, 6.45) is 0. The third-order valence-corrected chi connectivity index (χ3v) is 4.81. The number of hydrogen-bond acceptors (Lipinski definition) is 4. The van der Waals surface area contributed by atoms with E-state index in [4.69, 9.17) is 5.11 Å². The number of thioether (sulfide) groups is 2. The first-order valence-electron chi connectivity index (χ1n) is 6.26. The van der Waals surface area contributed by atoms with Crippen molar-refractivity contribution in [3.05, 3.63) is 29.8 Å². The molecular formula is C14H19NO3S2. The minimum atomic E-state index is -0.987. The van der Waals surface area contributed by atoms with Gasteiger partial charge in [0.15, 0.2) is 0 Å². The summed E-state index contributed by atoms with van der Waals surface area (Å²) in [5.74, 6) is 0.858. The van der Waals surface area contributed by atoms with Gasteiger partial charge in [-0.3, -0.25) is 4.79 Å². The van der Waals surface area contributed by atoms with Crippen molar-refractivity contribution in [1.29, 1.82) is 0 Å². The first-order chi connectivity index (χ1) is 9.49. The summed E-state index contributed by atoms with van der Waals surface area (Å²) >= 11 is 3.29. The summed E-state index contributed by atoms with van der Waals surface area (Å²) in [5.41, 5.74) is 1.24. The number of carbonyl (C=O) groups is 2. The Morgan fingerprint density at radius 1 is 1.25 bits per heavy atom. The number of benzene rings is 1. The lowest BCUT2D eigenvalue weighted by atomic mass is 10.2. The highest BCUT2D eigenvalue weighted by molar-refractivity contribution is 8.03. The smallest absolute Gasteiger partial charge is 0.327 e. The SMILES string of the molecule is CC(=O)NC(CSCCSc1ccc(C)cc1)C(=O)O. The molecule has 1 rings (SSSR count). The van der Waals surface area contributed by atoms with E-state index in [2.05, 4.69) is 36.5 Å². The van der Waals surface area contributed by atoms with Crippen LogP contribution in [0.25, 0.3) is 0 Å². The lowest BCUT2D eigenvalue weighted by molar-refractivity contribution is -0.140. The number of aliphatic carboxylic acids is 1. The molecule has 0 aliphatic heterocycles. The van der Waals surface area contributed by atoms with Crippen LogP contribution in [0.2, 0.25) is 0 Å². The van der Waals surface area contributed by atoms with Crippen LogP contribution < -0.4 is 5.32 Å². The zero-order valence-corrected chi connectivity index (χ0v) is 13.2. The minimum Gasteiger partial charge on any atom is -0.480 e. The van der Waals surface area contributed by atoms with E-state index < -0.39 is 12.0 Å². The second-order valence-corrected chi connectivity index (χ2v) is 6.65. The van der Waals surface area contributed by atoms with Crippen LogP contribution in [0.15, 0.2) is 29.2 Å². The summed E-state index contributed by atoms with van der Waals surface area (Å²) in [6.45, 7) is 3.38. The molecule has 0 saturated carbocycles. The second-order valence-electron chi connectivity index (χ2n) is 4.33. The Kier molecular flexibility index (Phi) is 7.54. The molecule has 1 atom stereocenters. The van der Waals surface area contributed by atoms with Crippen LogP contribution in [0.3, 0.4) is 0 Å². The Morgan fingerprint density at radius 3 is 2.45 bits per heavy atom. The topological polar surface area (TPSA) is 66.4 Å². The van der Waals surface area contributed by atoms with Gasteiger partial charge in [0, 0.05) is 29.1 Å². The molecule has 110 valence electrons. The van der Waals surface area contributed by atoms with Crippen molar-refractivity contribution in [1.82, 2.24) is 5.32 Å². The van der Waals surface area contributed by atoms with E-state index in [1.54, 1.807) is 11.8 Å². The molecular weight excluding hydrogens is 294 g/mol. The fourth-order valence-electron chi connectivity index (χ4n) is 1.47. The number of nitrogens with one attached hydrogen (secondary N) is 1. The van der Waals surface area contributed by atoms with Gasteiger partial charge in [-0.15, -0.1) is 11.8 Å². The van der Waals surface area contributed by atoms with Crippen LogP contribution in [0.5, 0.6) is 0 Å². The van der Waals surface area contributed by atoms with Gasteiger partial charge in [-0.2, -0.15) is 11.8 Å². The maximum absolute atomic E-state index is 10.9. The highest BCUT2D eigenvalue weighted by atomic mass is 32.2. The molecule has 1 amide bonds. The molecule has 0 aromatic heterocycles. The largest absolute Gasteiger partial charge is 0.480 e. The average molecular weight is 313 g/mol. The maximum Gasteiger partial charge on any atom is 0.327 e. The van der Waals surface area contributed by atoms with Crippen molar-refractivity contribution < 1.29 is 14.7 Å². The van der Waals surface area contributed by atoms with E-state index in [9.17, 15) is 9.59 Å². The molecule has 0 bridgehead atoms. The molecule has 1 aromatic rings. The number of carboxylic acids is 1. The van der Waals surface area contributed by atoms with E-state index in [1.807, 2.05) is 0 Å². The van der Waals surface area contributed by atoms with Crippen molar-refractivity contribution in [3.63, 3.8) is 0 Å². The third-order valence-electron chi connectivity index (χ3n) is 2.48. The monoisotopic (exact) mass is 313 g/mol. The van der Waals surface area contributed by atoms with Crippen LogP contribution in [0, 0.1) is 6.92 Å². The molecule has 4 nitrogen and oxygen atoms in total. The highest BCUT2D eigenvalue weighted by Gasteiger charge is 2.17. The van der Waals surface area contributed by atoms with Crippen molar-refractivity contribution in [3.8, 4) is 0 Å². The standard InChI is InChI=1S/C14H19NO3S2/c1-10-3-5-12(6-4-10)20-8-7-19-9-13(14(17)18)15-11(2)16/h3-6,13H,7-9H2,1-2H3,(H,15,16)(H,17,18). The van der Waals surface area contributed by atoms with Crippen LogP contribution >= 0.6 is 23.5 Å². The average Bonchev–Trinajstić information content (AvgIpc) is 2.38. The highest BCUT2D eigenvalue weighted by Crippen LogP contribution is 2.19. The lowest BCUT2D eigenvalue weighted by Crippen LogP contribution is -2.41. The number of amides is 1. The molecule has 0 fully saturated rings. The number of rotatable bonds is 8. The van der Waals surface area contributed by atoms with E-state index in [0.717, 1.165) is 11.5 Å². The summed E-state index contributed by atoms with van der Waals surface area (Å²) in [4.78, 5) is 23.0. The van der Waals surface area contributed by atoms with Gasteiger partial charge in [-0.25, -0.2) is 4.79 Å². The molecule has 20 heavy (non-hydrogen) atoms. The molecule has 0 aliphatic carbocycles. The predicted molar refractivity (Wildman–Crippen MR) is 84.5 cm³/mol. The first-order valence-corrected chi connectivity index (χ1v) is 8.40. The number of aryl methyl sites for hydroxylation is 1. The van der Waals surface area contributed by atoms with E-state index in [1.165, 1.54) is 29.1 Å². The van der Waals surface area contributed by atoms with Gasteiger partial charge < -0.3 is 10.4 Å². The molecule has 0 spiro atoms. The van der Waals surface area contributed by atoms with Gasteiger partial charge in [0.25, 0.3) is 0 Å². The van der Waals surface area contributed by atoms with Gasteiger partial charge in [0.05, 0.1) is 0 Å². The first kappa shape index (κ1) is 16.9. The fraction of sp³-hybridized carbons (Fsp3) is 0.429. The van der Waals surface area contributed by atoms with E-state index in [0.29, 0.717) is 5.75 Å². The predicted octanol–water partition coefficient (Wildman–Crippen LogP) is 2.41. The second kappa shape index (κ2) is 8.92. The summed E-state index contributed by atoms with van der Waals surface area (Å²) < 4.78 is 0. The molecule has 6 heteroatoms. The van der Waals surface area contributed by atoms with Gasteiger partial charge in [0.1, 0.15) is 6.04 Å². The summed E-state index contributed by atoms with van der Waals surface area (Å²) in [5, 5.41) is 11.4. The Hall–Kier alpha value is -1.14. The van der Waals surface area contributed by atoms with Crippen LogP contribution in [-0.2, 0) is 9.59 Å². The van der Waals surface area contributed by atoms with Crippen molar-refractivity contribution in [2.75, 3.05) is 17.3 Å². The normalized spacial score (nSPS) is 11.9. The van der Waals surface area contributed by atoms with Crippen LogP contribution in [0.4, 0.5) is 0 Å². The quantitative estimate of drug-likeness (QED) is 0.570. The maximum atomic E-state index is 10.9. The van der Waals surface area contributed by atoms with Crippen molar-refractivity contribution >= 4 is 35.4 Å². The third kappa shape index (κ3) is 6.86. The molecule has 0 aliphatic rings. The summed E-state index contributed by atoms with van der Waals surface area (Å²) in [7, 11) is 0. The van der Waals surface area contributed by atoms with E-state index in [-0.39, 0.29) is 5.91 Å². The summed E-state index contributed by atoms with van der Waals surface area (Å²) in [6, 6.07) is 7.52. The Morgan fingerprint density at radius 2 is 1.90 bits per heavy atom. The Balaban J connectivity index is 2.21. The lowest BCUT2D eigenvalue weighted by Gasteiger charge is -2.12.